The van der Waals surface area contributed by atoms with E-state index in [1.807, 2.05) is 64.2 Å². The van der Waals surface area contributed by atoms with Gasteiger partial charge in [-0.25, -0.2) is 14.8 Å². The normalized spacial score (nSPS) is 12.4. The maximum atomic E-state index is 14.0. The molecule has 0 fully saturated rings. The second-order valence-electron chi connectivity index (χ2n) is 15.8. The Morgan fingerprint density at radius 2 is 1.46 bits per heavy atom. The standard InChI is InChI=1S/C48H54N8O5/c1-6-21-55(43(57)27-50-48(60)61-5)29-42-51-39-20-18-36-24-35(17-19-38(36)45(39)53-42)32-13-14-34-25-37(16-15-33(34)23-32)40-26-49-41(52-40)28-56(22-7-2)47(59)44(54-46(58)30(3)4)31-11-9-8-10-12-31/h8-17,19,23-26,30,44H,6-7,18,20-22,27-29H2,1-5H3,(H,49,52)(H,50,60)(H,51,53)(H,54,58)/t44-/m1/s1. The minimum Gasteiger partial charge on any atom is -0.453 e. The number of imidazole rings is 2. The Balaban J connectivity index is 1.04. The van der Waals surface area contributed by atoms with Crippen LogP contribution in [0.3, 0.4) is 0 Å². The highest BCUT2D eigenvalue weighted by Crippen LogP contribution is 2.36. The average Bonchev–Trinajstić information content (AvgIpc) is 3.93. The number of methoxy groups -OCH3 is 1. The summed E-state index contributed by atoms with van der Waals surface area (Å²) in [5.74, 6) is 0.580. The third-order valence-corrected chi connectivity index (χ3v) is 11.0. The number of hydrogen-bond donors (Lipinski definition) is 4. The van der Waals surface area contributed by atoms with E-state index in [-0.39, 0.29) is 36.7 Å². The van der Waals surface area contributed by atoms with Gasteiger partial charge in [-0.05, 0) is 70.8 Å². The maximum Gasteiger partial charge on any atom is 0.407 e. The minimum absolute atomic E-state index is 0.137. The van der Waals surface area contributed by atoms with Gasteiger partial charge in [0.2, 0.25) is 17.7 Å². The molecule has 6 aromatic rings. The van der Waals surface area contributed by atoms with Crippen molar-refractivity contribution in [1.29, 1.82) is 0 Å². The minimum atomic E-state index is -0.793. The van der Waals surface area contributed by atoms with Crippen molar-refractivity contribution in [3.8, 4) is 33.6 Å². The fourth-order valence-electron chi connectivity index (χ4n) is 7.82. The van der Waals surface area contributed by atoms with Gasteiger partial charge in [-0.15, -0.1) is 0 Å². The number of aromatic nitrogens is 4. The summed E-state index contributed by atoms with van der Waals surface area (Å²) in [5, 5.41) is 7.65. The SMILES string of the molecule is CCCN(Cc1nc2c([nH]1)-c1ccc(-c3ccc4cc(-c5cnc(CN(CCC)C(=O)[C@H](NC(=O)C(C)C)c6ccccc6)[nH]5)ccc4c3)cc1CC2)C(=O)CNC(=O)OC. The number of hydrogen-bond acceptors (Lipinski definition) is 7. The lowest BCUT2D eigenvalue weighted by Gasteiger charge is -2.28. The fraction of sp³-hybridized carbons (Fsp3) is 0.333. The molecule has 61 heavy (non-hydrogen) atoms. The number of ether oxygens (including phenoxy) is 1. The zero-order valence-electron chi connectivity index (χ0n) is 35.5. The Labute approximate surface area is 356 Å². The average molecular weight is 823 g/mol. The molecule has 13 nitrogen and oxygen atoms in total. The third-order valence-electron chi connectivity index (χ3n) is 11.0. The molecule has 0 aliphatic heterocycles. The zero-order valence-corrected chi connectivity index (χ0v) is 35.5. The highest BCUT2D eigenvalue weighted by molar-refractivity contribution is 5.91. The van der Waals surface area contributed by atoms with Gasteiger partial charge in [-0.2, -0.15) is 0 Å². The predicted molar refractivity (Wildman–Crippen MR) is 236 cm³/mol. The Kier molecular flexibility index (Phi) is 13.3. The first-order valence-electron chi connectivity index (χ1n) is 21.1. The van der Waals surface area contributed by atoms with Crippen molar-refractivity contribution >= 4 is 34.6 Å². The molecule has 4 amide bonds. The third kappa shape index (κ3) is 9.83. The fourth-order valence-corrected chi connectivity index (χ4v) is 7.82. The second-order valence-corrected chi connectivity index (χ2v) is 15.8. The summed E-state index contributed by atoms with van der Waals surface area (Å²) in [6.07, 6.45) is 4.35. The lowest BCUT2D eigenvalue weighted by Crippen LogP contribution is -2.44. The molecule has 2 heterocycles. The van der Waals surface area contributed by atoms with Crippen LogP contribution in [-0.2, 0) is 45.1 Å². The van der Waals surface area contributed by atoms with E-state index in [2.05, 4.69) is 84.9 Å². The molecule has 0 unspecified atom stereocenters. The molecule has 0 saturated carbocycles. The number of nitrogens with one attached hydrogen (secondary N) is 4. The predicted octanol–water partition coefficient (Wildman–Crippen LogP) is 7.73. The van der Waals surface area contributed by atoms with Gasteiger partial charge >= 0.3 is 6.09 Å². The number of benzene rings is 4. The van der Waals surface area contributed by atoms with Crippen LogP contribution >= 0.6 is 0 Å². The van der Waals surface area contributed by atoms with Crippen molar-refractivity contribution in [3.63, 3.8) is 0 Å². The van der Waals surface area contributed by atoms with Crippen molar-refractivity contribution in [2.45, 2.75) is 72.5 Å². The van der Waals surface area contributed by atoms with Crippen LogP contribution in [0.1, 0.15) is 75.0 Å². The Hall–Kier alpha value is -6.76. The van der Waals surface area contributed by atoms with E-state index in [1.165, 1.54) is 12.7 Å². The van der Waals surface area contributed by atoms with Gasteiger partial charge in [0.15, 0.2) is 0 Å². The van der Waals surface area contributed by atoms with Gasteiger partial charge in [-0.1, -0.05) is 100 Å². The van der Waals surface area contributed by atoms with Crippen LogP contribution < -0.4 is 10.6 Å². The molecule has 1 atom stereocenters. The van der Waals surface area contributed by atoms with E-state index in [0.29, 0.717) is 25.5 Å². The van der Waals surface area contributed by atoms with Gasteiger partial charge in [-0.3, -0.25) is 14.4 Å². The van der Waals surface area contributed by atoms with Crippen LogP contribution in [0.25, 0.3) is 44.4 Å². The molecule has 316 valence electrons. The summed E-state index contributed by atoms with van der Waals surface area (Å²) >= 11 is 0. The van der Waals surface area contributed by atoms with Gasteiger partial charge < -0.3 is 35.1 Å². The number of aromatic amines is 2. The second kappa shape index (κ2) is 19.1. The largest absolute Gasteiger partial charge is 0.453 e. The Bertz CT molecular complexity index is 2530. The van der Waals surface area contributed by atoms with E-state index in [9.17, 15) is 19.2 Å². The molecule has 1 aliphatic carbocycles. The zero-order chi connectivity index (χ0) is 43.0. The van der Waals surface area contributed by atoms with Crippen molar-refractivity contribution in [1.82, 2.24) is 40.4 Å². The van der Waals surface area contributed by atoms with Crippen molar-refractivity contribution < 1.29 is 23.9 Å². The van der Waals surface area contributed by atoms with E-state index in [4.69, 9.17) is 4.98 Å². The lowest BCUT2D eigenvalue weighted by atomic mass is 9.89. The summed E-state index contributed by atoms with van der Waals surface area (Å²) in [7, 11) is 1.27. The number of H-pyrrole nitrogens is 2. The van der Waals surface area contributed by atoms with Crippen molar-refractivity contribution in [3.05, 3.63) is 120 Å². The van der Waals surface area contributed by atoms with Crippen LogP contribution in [-0.4, -0.2) is 80.3 Å². The van der Waals surface area contributed by atoms with Crippen LogP contribution in [0.15, 0.2) is 91.1 Å². The monoisotopic (exact) mass is 822 g/mol. The quantitative estimate of drug-likeness (QED) is 0.0776. The highest BCUT2D eigenvalue weighted by atomic mass is 16.5. The van der Waals surface area contributed by atoms with Gasteiger partial charge in [0, 0.05) is 30.1 Å². The first-order valence-corrected chi connectivity index (χ1v) is 21.1. The van der Waals surface area contributed by atoms with Crippen LogP contribution in [0.2, 0.25) is 0 Å². The van der Waals surface area contributed by atoms with E-state index < -0.39 is 12.1 Å². The topological polar surface area (TPSA) is 165 Å². The number of aryl methyl sites for hydroxylation is 2. The number of nitrogens with zero attached hydrogens (tertiary/aromatic N) is 4. The smallest absolute Gasteiger partial charge is 0.407 e. The maximum absolute atomic E-state index is 14.0. The molecule has 1 aliphatic rings. The Morgan fingerprint density at radius 3 is 2.18 bits per heavy atom. The number of alkyl carbamates (subject to hydrolysis) is 1. The first-order chi connectivity index (χ1) is 29.5. The lowest BCUT2D eigenvalue weighted by molar-refractivity contribution is -0.138. The molecule has 0 saturated heterocycles. The number of amides is 4. The summed E-state index contributed by atoms with van der Waals surface area (Å²) in [6.45, 7) is 9.21. The van der Waals surface area contributed by atoms with Crippen LogP contribution in [0, 0.1) is 5.92 Å². The molecular formula is C48H54N8O5. The molecular weight excluding hydrogens is 769 g/mol. The number of fused-ring (bicyclic) bond motifs is 4. The molecule has 4 aromatic carbocycles. The molecule has 0 bridgehead atoms. The first kappa shape index (κ1) is 42.4. The number of carbonyl (C=O) groups is 4. The highest BCUT2D eigenvalue weighted by Gasteiger charge is 2.29. The molecule has 0 spiro atoms. The van der Waals surface area contributed by atoms with E-state index in [1.54, 1.807) is 9.80 Å². The van der Waals surface area contributed by atoms with Crippen molar-refractivity contribution in [2.75, 3.05) is 26.7 Å². The van der Waals surface area contributed by atoms with Crippen LogP contribution in [0.5, 0.6) is 0 Å². The molecule has 4 N–H and O–H groups in total. The van der Waals surface area contributed by atoms with E-state index >= 15 is 0 Å². The van der Waals surface area contributed by atoms with E-state index in [0.717, 1.165) is 87.2 Å². The molecule has 7 rings (SSSR count). The summed E-state index contributed by atoms with van der Waals surface area (Å²) in [4.78, 5) is 71.1. The number of carbonyl (C=O) groups excluding carboxylic acids is 4. The number of rotatable bonds is 16. The molecule has 0 radical (unpaired) electrons. The van der Waals surface area contributed by atoms with Crippen molar-refractivity contribution in [2.24, 2.45) is 5.92 Å². The molecule has 13 heteroatoms. The summed E-state index contributed by atoms with van der Waals surface area (Å²) in [5.41, 5.74) is 9.18. The summed E-state index contributed by atoms with van der Waals surface area (Å²) in [6, 6.07) is 28.0. The van der Waals surface area contributed by atoms with Crippen LogP contribution in [0.4, 0.5) is 4.79 Å². The molecule has 2 aromatic heterocycles. The summed E-state index contributed by atoms with van der Waals surface area (Å²) < 4.78 is 4.61. The Morgan fingerprint density at radius 1 is 0.787 bits per heavy atom. The van der Waals surface area contributed by atoms with Gasteiger partial charge in [0.05, 0.1) is 43.5 Å². The van der Waals surface area contributed by atoms with Gasteiger partial charge in [0.25, 0.3) is 0 Å². The van der Waals surface area contributed by atoms with Gasteiger partial charge in [0.1, 0.15) is 24.2 Å².